The molecule has 32 heavy (non-hydrogen) atoms. The molecule has 0 aliphatic rings. The van der Waals surface area contributed by atoms with Crippen molar-refractivity contribution in [2.45, 2.75) is 82.8 Å². The SMILES string of the molecule is CCCCC(F)(F)C(F)(F)C(F)(F)C(F)(F)C(F)(F)S(=O)(=O)[O-].CC[N+](CC)(CC)CC. The van der Waals surface area contributed by atoms with Gasteiger partial charge in [0.05, 0.1) is 26.2 Å². The van der Waals surface area contributed by atoms with Crippen molar-refractivity contribution in [2.24, 2.45) is 0 Å². The summed E-state index contributed by atoms with van der Waals surface area (Å²) in [6.07, 6.45) is -3.16. The van der Waals surface area contributed by atoms with Crippen molar-refractivity contribution in [3.8, 4) is 0 Å². The third kappa shape index (κ3) is 6.19. The third-order valence-corrected chi connectivity index (χ3v) is 6.34. The normalized spacial score (nSPS) is 14.8. The first kappa shape index (κ1) is 33.3. The van der Waals surface area contributed by atoms with Gasteiger partial charge in [-0.3, -0.25) is 0 Å². The Morgan fingerprint density at radius 2 is 1.00 bits per heavy atom. The number of rotatable bonds is 12. The highest BCUT2D eigenvalue weighted by molar-refractivity contribution is 7.86. The Hall–Kier alpha value is -0.830. The summed E-state index contributed by atoms with van der Waals surface area (Å²) in [6.45, 7) is 15.4. The van der Waals surface area contributed by atoms with Crippen molar-refractivity contribution < 1.29 is 61.4 Å². The summed E-state index contributed by atoms with van der Waals surface area (Å²) in [5.74, 6) is -28.0. The highest BCUT2D eigenvalue weighted by Gasteiger charge is 2.87. The van der Waals surface area contributed by atoms with E-state index < -0.39 is 51.9 Å². The van der Waals surface area contributed by atoms with Crippen molar-refractivity contribution in [2.75, 3.05) is 26.2 Å². The molecule has 0 amide bonds. The molecule has 0 aromatic rings. The maximum absolute atomic E-state index is 13.1. The molecule has 15 heteroatoms. The lowest BCUT2D eigenvalue weighted by Crippen LogP contribution is -2.68. The maximum atomic E-state index is 13.1. The predicted octanol–water partition coefficient (Wildman–Crippen LogP) is 5.74. The number of alkyl halides is 10. The van der Waals surface area contributed by atoms with E-state index in [0.29, 0.717) is 0 Å². The van der Waals surface area contributed by atoms with Crippen molar-refractivity contribution in [3.63, 3.8) is 0 Å². The fourth-order valence-electron chi connectivity index (χ4n) is 2.66. The van der Waals surface area contributed by atoms with Gasteiger partial charge in [-0.05, 0) is 34.1 Å². The van der Waals surface area contributed by atoms with Gasteiger partial charge in [0.1, 0.15) is 0 Å². The quantitative estimate of drug-likeness (QED) is 0.189. The van der Waals surface area contributed by atoms with Crippen LogP contribution in [0.5, 0.6) is 0 Å². The van der Waals surface area contributed by atoms with E-state index in [-0.39, 0.29) is 6.42 Å². The fraction of sp³-hybridized carbons (Fsp3) is 1.00. The first-order chi connectivity index (χ1) is 14.1. The summed E-state index contributed by atoms with van der Waals surface area (Å²) in [6, 6.07) is 0. The first-order valence-electron chi connectivity index (χ1n) is 9.75. The fourth-order valence-corrected chi connectivity index (χ4v) is 3.11. The van der Waals surface area contributed by atoms with Gasteiger partial charge in [0.25, 0.3) is 0 Å². The van der Waals surface area contributed by atoms with E-state index in [1.165, 1.54) is 30.7 Å². The molecule has 0 saturated carbocycles. The van der Waals surface area contributed by atoms with E-state index in [1.807, 2.05) is 0 Å². The molecule has 196 valence electrons. The highest BCUT2D eigenvalue weighted by atomic mass is 32.2. The van der Waals surface area contributed by atoms with Crippen LogP contribution < -0.4 is 0 Å². The van der Waals surface area contributed by atoms with Crippen molar-refractivity contribution in [1.82, 2.24) is 0 Å². The molecule has 0 saturated heterocycles. The van der Waals surface area contributed by atoms with Crippen molar-refractivity contribution >= 4 is 10.1 Å². The van der Waals surface area contributed by atoms with Gasteiger partial charge in [-0.1, -0.05) is 13.3 Å². The van der Waals surface area contributed by atoms with Crippen LogP contribution >= 0.6 is 0 Å². The molecule has 0 aromatic carbocycles. The zero-order valence-electron chi connectivity index (χ0n) is 18.3. The van der Waals surface area contributed by atoms with Gasteiger partial charge >= 0.3 is 28.9 Å². The molecule has 0 aliphatic heterocycles. The van der Waals surface area contributed by atoms with E-state index in [4.69, 9.17) is 0 Å². The Kier molecular flexibility index (Phi) is 11.5. The van der Waals surface area contributed by atoms with Gasteiger partial charge < -0.3 is 9.04 Å². The molecule has 0 rings (SSSR count). The number of unbranched alkanes of at least 4 members (excludes halogenated alkanes) is 1. The van der Waals surface area contributed by atoms with Crippen LogP contribution in [0.25, 0.3) is 0 Å². The van der Waals surface area contributed by atoms with E-state index >= 15 is 0 Å². The molecule has 0 aliphatic carbocycles. The molecular weight excluding hydrogens is 488 g/mol. The van der Waals surface area contributed by atoms with Gasteiger partial charge in [0.15, 0.2) is 10.1 Å². The Morgan fingerprint density at radius 3 is 1.22 bits per heavy atom. The first-order valence-corrected chi connectivity index (χ1v) is 11.2. The van der Waals surface area contributed by atoms with E-state index in [9.17, 15) is 56.9 Å². The number of halogens is 10. The lowest BCUT2D eigenvalue weighted by atomic mass is 9.95. The molecule has 0 heterocycles. The summed E-state index contributed by atoms with van der Waals surface area (Å²) < 4.78 is 161. The molecule has 0 N–H and O–H groups in total. The minimum absolute atomic E-state index is 0.251. The van der Waals surface area contributed by atoms with E-state index in [2.05, 4.69) is 27.7 Å². The van der Waals surface area contributed by atoms with Gasteiger partial charge in [0.2, 0.25) is 0 Å². The summed E-state index contributed by atoms with van der Waals surface area (Å²) >= 11 is 0. The zero-order valence-corrected chi connectivity index (χ0v) is 19.1. The van der Waals surface area contributed by atoms with Crippen LogP contribution in [0.3, 0.4) is 0 Å². The molecule has 0 spiro atoms. The summed E-state index contributed by atoms with van der Waals surface area (Å²) in [5.41, 5.74) is 0. The lowest BCUT2D eigenvalue weighted by Gasteiger charge is -2.39. The van der Waals surface area contributed by atoms with Crippen molar-refractivity contribution in [3.05, 3.63) is 0 Å². The average molecular weight is 517 g/mol. The largest absolute Gasteiger partial charge is 0.743 e. The Bertz CT molecular complexity index is 663. The summed E-state index contributed by atoms with van der Waals surface area (Å²) in [4.78, 5) is 0. The minimum Gasteiger partial charge on any atom is -0.743 e. The molecule has 4 nitrogen and oxygen atoms in total. The number of nitrogens with zero attached hydrogens (tertiary/aromatic N) is 1. The Morgan fingerprint density at radius 1 is 0.656 bits per heavy atom. The minimum atomic E-state index is -7.58. The maximum Gasteiger partial charge on any atom is 0.402 e. The van der Waals surface area contributed by atoms with Crippen LogP contribution in [0.15, 0.2) is 0 Å². The predicted molar refractivity (Wildman–Crippen MR) is 96.4 cm³/mol. The molecular formula is C17H29F10NO3S. The lowest BCUT2D eigenvalue weighted by molar-refractivity contribution is -0.921. The van der Waals surface area contributed by atoms with E-state index in [1.54, 1.807) is 0 Å². The number of hydrogen-bond donors (Lipinski definition) is 0. The second-order valence-corrected chi connectivity index (χ2v) is 8.53. The average Bonchev–Trinajstić information content (AvgIpc) is 2.67. The van der Waals surface area contributed by atoms with E-state index in [0.717, 1.165) is 6.92 Å². The molecule has 0 fully saturated rings. The Labute approximate surface area is 181 Å². The third-order valence-electron chi connectivity index (χ3n) is 5.46. The molecule has 0 radical (unpaired) electrons. The smallest absolute Gasteiger partial charge is 0.402 e. The Balaban J connectivity index is 0. The monoisotopic (exact) mass is 517 g/mol. The number of hydrogen-bond acceptors (Lipinski definition) is 3. The van der Waals surface area contributed by atoms with Crippen LogP contribution in [-0.4, -0.2) is 72.6 Å². The zero-order chi connectivity index (χ0) is 26.4. The van der Waals surface area contributed by atoms with Gasteiger partial charge in [0, 0.05) is 6.42 Å². The van der Waals surface area contributed by atoms with Crippen LogP contribution in [0.4, 0.5) is 43.9 Å². The second-order valence-electron chi connectivity index (χ2n) is 7.11. The van der Waals surface area contributed by atoms with Gasteiger partial charge in [-0.2, -0.15) is 43.9 Å². The van der Waals surface area contributed by atoms with Gasteiger partial charge in [-0.15, -0.1) is 0 Å². The highest BCUT2D eigenvalue weighted by Crippen LogP contribution is 2.58. The summed E-state index contributed by atoms with van der Waals surface area (Å²) in [5, 5.41) is -7.24. The topological polar surface area (TPSA) is 57.2 Å². The molecule has 0 aromatic heterocycles. The van der Waals surface area contributed by atoms with Crippen LogP contribution in [0.2, 0.25) is 0 Å². The summed E-state index contributed by atoms with van der Waals surface area (Å²) in [7, 11) is -7.56. The second kappa shape index (κ2) is 11.1. The molecule has 0 unspecified atom stereocenters. The standard InChI is InChI=1S/C9H10F10O3S.C8H20N/c1-2-3-4-5(10,11)6(12,13)7(14,15)8(16,17)9(18,19)23(20,21)22;1-5-9(6-2,7-3)8-4/h2-4H2,1H3,(H,20,21,22);5-8H2,1-4H3/q;+1/p-1. The van der Waals surface area contributed by atoms with Crippen LogP contribution in [0, 0.1) is 0 Å². The van der Waals surface area contributed by atoms with Crippen LogP contribution in [-0.2, 0) is 10.1 Å². The molecule has 0 bridgehead atoms. The molecule has 0 atom stereocenters. The van der Waals surface area contributed by atoms with Crippen LogP contribution in [0.1, 0.15) is 53.9 Å². The van der Waals surface area contributed by atoms with Crippen molar-refractivity contribution in [1.29, 1.82) is 0 Å². The van der Waals surface area contributed by atoms with Gasteiger partial charge in [-0.25, -0.2) is 8.42 Å². The number of quaternary nitrogens is 1.